The van der Waals surface area contributed by atoms with Gasteiger partial charge in [0.15, 0.2) is 0 Å². The van der Waals surface area contributed by atoms with E-state index in [4.69, 9.17) is 0 Å². The number of benzene rings is 4. The second-order valence-corrected chi connectivity index (χ2v) is 7.44. The summed E-state index contributed by atoms with van der Waals surface area (Å²) in [5.74, 6) is -1.01. The molecule has 32 heavy (non-hydrogen) atoms. The van der Waals surface area contributed by atoms with Gasteiger partial charge < -0.3 is 5.32 Å². The molecule has 0 radical (unpaired) electrons. The van der Waals surface area contributed by atoms with E-state index < -0.39 is 0 Å². The maximum Gasteiger partial charge on any atom is 0.266 e. The van der Waals surface area contributed by atoms with Crippen molar-refractivity contribution in [3.63, 3.8) is 0 Å². The first-order valence-corrected chi connectivity index (χ1v) is 10.2. The molecule has 4 aromatic carbocycles. The summed E-state index contributed by atoms with van der Waals surface area (Å²) >= 11 is 0. The van der Waals surface area contributed by atoms with Crippen molar-refractivity contribution in [2.75, 3.05) is 10.2 Å². The van der Waals surface area contributed by atoms with Crippen molar-refractivity contribution >= 4 is 29.1 Å². The Kier molecular flexibility index (Phi) is 4.84. The number of hydrogen-bond acceptors (Lipinski definition) is 3. The van der Waals surface area contributed by atoms with E-state index in [0.717, 1.165) is 16.0 Å². The third-order valence-corrected chi connectivity index (χ3v) is 5.41. The van der Waals surface area contributed by atoms with Crippen LogP contribution in [0.2, 0.25) is 0 Å². The number of nitrogens with zero attached hydrogens (tertiary/aromatic N) is 1. The summed E-state index contributed by atoms with van der Waals surface area (Å²) in [4.78, 5) is 39.3. The first-order valence-electron chi connectivity index (χ1n) is 10.2. The van der Waals surface area contributed by atoms with Crippen LogP contribution in [0.15, 0.2) is 103 Å². The first kappa shape index (κ1) is 19.5. The molecule has 5 heteroatoms. The standard InChI is InChI=1S/C27H18N2O3/c30-25(20-15-13-19(14-16-20)18-7-2-1-3-8-18)28-21-9-6-10-22(17-21)29-26(31)23-11-4-5-12-24(23)27(29)32/h1-17H,(H,28,30). The Morgan fingerprint density at radius 1 is 0.625 bits per heavy atom. The van der Waals surface area contributed by atoms with Crippen LogP contribution in [0.1, 0.15) is 31.1 Å². The van der Waals surface area contributed by atoms with Gasteiger partial charge in [-0.3, -0.25) is 14.4 Å². The zero-order valence-corrected chi connectivity index (χ0v) is 17.0. The molecule has 0 fully saturated rings. The number of carbonyl (C=O) groups is 3. The zero-order valence-electron chi connectivity index (χ0n) is 17.0. The molecule has 1 aliphatic heterocycles. The van der Waals surface area contributed by atoms with Gasteiger partial charge in [0.1, 0.15) is 0 Å². The van der Waals surface area contributed by atoms with Crippen molar-refractivity contribution in [2.24, 2.45) is 0 Å². The molecule has 0 spiro atoms. The number of amides is 3. The second kappa shape index (κ2) is 7.96. The number of carbonyl (C=O) groups excluding carboxylic acids is 3. The average molecular weight is 418 g/mol. The lowest BCUT2D eigenvalue weighted by atomic mass is 10.0. The van der Waals surface area contributed by atoms with Crippen molar-refractivity contribution in [1.29, 1.82) is 0 Å². The lowest BCUT2D eigenvalue weighted by Crippen LogP contribution is -2.29. The van der Waals surface area contributed by atoms with Gasteiger partial charge in [0, 0.05) is 11.3 Å². The molecule has 0 atom stereocenters. The number of hydrogen-bond donors (Lipinski definition) is 1. The highest BCUT2D eigenvalue weighted by Gasteiger charge is 2.36. The van der Waals surface area contributed by atoms with E-state index in [1.54, 1.807) is 60.7 Å². The first-order chi connectivity index (χ1) is 15.6. The number of nitrogens with one attached hydrogen (secondary N) is 1. The Labute approximate surface area is 184 Å². The van der Waals surface area contributed by atoms with Crippen LogP contribution in [0.3, 0.4) is 0 Å². The molecule has 0 bridgehead atoms. The highest BCUT2D eigenvalue weighted by molar-refractivity contribution is 6.34. The van der Waals surface area contributed by atoms with Gasteiger partial charge in [0.2, 0.25) is 0 Å². The monoisotopic (exact) mass is 418 g/mol. The molecule has 5 nitrogen and oxygen atoms in total. The van der Waals surface area contributed by atoms with Crippen LogP contribution in [0.4, 0.5) is 11.4 Å². The molecule has 0 saturated carbocycles. The minimum Gasteiger partial charge on any atom is -0.322 e. The summed E-state index contributed by atoms with van der Waals surface area (Å²) in [7, 11) is 0. The molecule has 154 valence electrons. The van der Waals surface area contributed by atoms with E-state index in [1.165, 1.54) is 0 Å². The van der Waals surface area contributed by atoms with Crippen molar-refractivity contribution in [3.8, 4) is 11.1 Å². The molecule has 1 aliphatic rings. The van der Waals surface area contributed by atoms with Gasteiger partial charge >= 0.3 is 0 Å². The predicted molar refractivity (Wildman–Crippen MR) is 124 cm³/mol. The molecule has 0 saturated heterocycles. The smallest absolute Gasteiger partial charge is 0.266 e. The quantitative estimate of drug-likeness (QED) is 0.451. The highest BCUT2D eigenvalue weighted by Crippen LogP contribution is 2.30. The molecular formula is C27H18N2O3. The lowest BCUT2D eigenvalue weighted by molar-refractivity contribution is 0.0925. The van der Waals surface area contributed by atoms with Crippen LogP contribution in [0.5, 0.6) is 0 Å². The highest BCUT2D eigenvalue weighted by atomic mass is 16.2. The Bertz CT molecular complexity index is 1310. The van der Waals surface area contributed by atoms with Crippen LogP contribution >= 0.6 is 0 Å². The van der Waals surface area contributed by atoms with Gasteiger partial charge in [-0.05, 0) is 53.6 Å². The van der Waals surface area contributed by atoms with Gasteiger partial charge in [-0.1, -0.05) is 60.7 Å². The average Bonchev–Trinajstić information content (AvgIpc) is 3.10. The number of anilines is 2. The van der Waals surface area contributed by atoms with Crippen LogP contribution in [0, 0.1) is 0 Å². The van der Waals surface area contributed by atoms with Crippen LogP contribution < -0.4 is 10.2 Å². The van der Waals surface area contributed by atoms with Gasteiger partial charge in [0.25, 0.3) is 17.7 Å². The molecule has 0 aromatic heterocycles. The second-order valence-electron chi connectivity index (χ2n) is 7.44. The summed E-state index contributed by atoms with van der Waals surface area (Å²) in [6.45, 7) is 0. The molecule has 3 amide bonds. The Balaban J connectivity index is 1.35. The van der Waals surface area contributed by atoms with E-state index >= 15 is 0 Å². The maximum absolute atomic E-state index is 12.7. The molecule has 1 heterocycles. The molecule has 0 unspecified atom stereocenters. The number of imide groups is 1. The number of fused-ring (bicyclic) bond motifs is 1. The van der Waals surface area contributed by atoms with Crippen molar-refractivity contribution in [1.82, 2.24) is 0 Å². The van der Waals surface area contributed by atoms with Gasteiger partial charge in [0.05, 0.1) is 16.8 Å². The molecule has 4 aromatic rings. The zero-order chi connectivity index (χ0) is 22.1. The fourth-order valence-electron chi connectivity index (χ4n) is 3.79. The SMILES string of the molecule is O=C(Nc1cccc(N2C(=O)c3ccccc3C2=O)c1)c1ccc(-c2ccccc2)cc1. The van der Waals surface area contributed by atoms with E-state index in [1.807, 2.05) is 42.5 Å². The van der Waals surface area contributed by atoms with Crippen molar-refractivity contribution in [3.05, 3.63) is 120 Å². The minimum atomic E-state index is -0.370. The summed E-state index contributed by atoms with van der Waals surface area (Å²) in [5.41, 5.74) is 4.28. The topological polar surface area (TPSA) is 66.5 Å². The van der Waals surface area contributed by atoms with Gasteiger partial charge in [-0.2, -0.15) is 0 Å². The van der Waals surface area contributed by atoms with Crippen molar-refractivity contribution in [2.45, 2.75) is 0 Å². The third-order valence-electron chi connectivity index (χ3n) is 5.41. The normalized spacial score (nSPS) is 12.6. The summed E-state index contributed by atoms with van der Waals surface area (Å²) in [6, 6.07) is 30.7. The maximum atomic E-state index is 12.7. The van der Waals surface area contributed by atoms with Crippen LogP contribution in [0.25, 0.3) is 11.1 Å². The predicted octanol–water partition coefficient (Wildman–Crippen LogP) is 5.41. The van der Waals surface area contributed by atoms with Gasteiger partial charge in [-0.25, -0.2) is 4.90 Å². The van der Waals surface area contributed by atoms with E-state index in [0.29, 0.717) is 28.1 Å². The summed E-state index contributed by atoms with van der Waals surface area (Å²) in [6.07, 6.45) is 0. The summed E-state index contributed by atoms with van der Waals surface area (Å²) in [5, 5.41) is 2.84. The lowest BCUT2D eigenvalue weighted by Gasteiger charge is -2.15. The van der Waals surface area contributed by atoms with Crippen LogP contribution in [-0.2, 0) is 0 Å². The molecule has 5 rings (SSSR count). The Morgan fingerprint density at radius 2 is 1.22 bits per heavy atom. The van der Waals surface area contributed by atoms with E-state index in [-0.39, 0.29) is 17.7 Å². The van der Waals surface area contributed by atoms with Crippen molar-refractivity contribution < 1.29 is 14.4 Å². The summed E-state index contributed by atoms with van der Waals surface area (Å²) < 4.78 is 0. The Morgan fingerprint density at radius 3 is 1.88 bits per heavy atom. The molecule has 0 aliphatic carbocycles. The fraction of sp³-hybridized carbons (Fsp3) is 0. The molecular weight excluding hydrogens is 400 g/mol. The van der Waals surface area contributed by atoms with E-state index in [9.17, 15) is 14.4 Å². The Hall–Kier alpha value is -4.51. The largest absolute Gasteiger partial charge is 0.322 e. The van der Waals surface area contributed by atoms with Crippen LogP contribution in [-0.4, -0.2) is 17.7 Å². The number of rotatable bonds is 4. The minimum absolute atomic E-state index is 0.274. The fourth-order valence-corrected chi connectivity index (χ4v) is 3.79. The third kappa shape index (κ3) is 3.46. The van der Waals surface area contributed by atoms with Gasteiger partial charge in [-0.15, -0.1) is 0 Å². The molecule has 1 N–H and O–H groups in total. The van der Waals surface area contributed by atoms with E-state index in [2.05, 4.69) is 5.32 Å².